The van der Waals surface area contributed by atoms with Crippen LogP contribution in [0.5, 0.6) is 0 Å². The van der Waals surface area contributed by atoms with Crippen molar-refractivity contribution in [1.29, 1.82) is 0 Å². The number of carbonyl (C=O) groups is 1. The summed E-state index contributed by atoms with van der Waals surface area (Å²) < 4.78 is 0. The second-order valence-electron chi connectivity index (χ2n) is 6.62. The first-order chi connectivity index (χ1) is 10.6. The number of hydrogen-bond donors (Lipinski definition) is 1. The van der Waals surface area contributed by atoms with Gasteiger partial charge in [0.05, 0.1) is 0 Å². The Hall–Kier alpha value is -0.970. The van der Waals surface area contributed by atoms with Crippen molar-refractivity contribution < 1.29 is 4.79 Å². The normalized spacial score (nSPS) is 28.0. The summed E-state index contributed by atoms with van der Waals surface area (Å²) in [6.45, 7) is 2.33. The Bertz CT molecular complexity index is 559. The minimum atomic E-state index is 0. The fraction of sp³-hybridized carbons (Fsp3) is 0.588. The zero-order valence-electron chi connectivity index (χ0n) is 13.5. The molecule has 2 aliphatic rings. The van der Waals surface area contributed by atoms with E-state index in [1.54, 1.807) is 0 Å². The van der Waals surface area contributed by atoms with E-state index in [-0.39, 0.29) is 23.9 Å². The quantitative estimate of drug-likeness (QED) is 0.902. The minimum absolute atomic E-state index is 0. The molecule has 1 aliphatic carbocycles. The second kappa shape index (κ2) is 7.29. The fourth-order valence-electron chi connectivity index (χ4n) is 3.90. The summed E-state index contributed by atoms with van der Waals surface area (Å²) in [5.74, 6) is 0. The maximum absolute atomic E-state index is 12.2. The monoisotopic (exact) mass is 357 g/mol. The van der Waals surface area contributed by atoms with Gasteiger partial charge >= 0.3 is 6.03 Å². The lowest BCUT2D eigenvalue weighted by Gasteiger charge is -2.42. The SMILES string of the molecule is CN1CCN(C2CCC(CN)(c3cccc(Cl)c3)CC2)C1=O.Cl. The van der Waals surface area contributed by atoms with E-state index in [2.05, 4.69) is 6.07 Å². The van der Waals surface area contributed by atoms with E-state index >= 15 is 0 Å². The van der Waals surface area contributed by atoms with Gasteiger partial charge in [0, 0.05) is 43.2 Å². The van der Waals surface area contributed by atoms with Gasteiger partial charge in [-0.2, -0.15) is 0 Å². The third-order valence-corrected chi connectivity index (χ3v) is 5.66. The Labute approximate surface area is 149 Å². The van der Waals surface area contributed by atoms with Crippen LogP contribution in [-0.2, 0) is 5.41 Å². The van der Waals surface area contributed by atoms with Gasteiger partial charge in [-0.1, -0.05) is 23.7 Å². The van der Waals surface area contributed by atoms with Gasteiger partial charge in [-0.3, -0.25) is 0 Å². The highest BCUT2D eigenvalue weighted by molar-refractivity contribution is 6.30. The predicted molar refractivity (Wildman–Crippen MR) is 96.4 cm³/mol. The van der Waals surface area contributed by atoms with Crippen LogP contribution in [0.1, 0.15) is 31.2 Å². The van der Waals surface area contributed by atoms with Crippen molar-refractivity contribution in [1.82, 2.24) is 9.80 Å². The van der Waals surface area contributed by atoms with Crippen molar-refractivity contribution in [3.05, 3.63) is 34.9 Å². The molecule has 4 nitrogen and oxygen atoms in total. The molecule has 0 bridgehead atoms. The molecule has 23 heavy (non-hydrogen) atoms. The Morgan fingerprint density at radius 1 is 1.30 bits per heavy atom. The summed E-state index contributed by atoms with van der Waals surface area (Å²) in [6.07, 6.45) is 4.07. The first-order valence-electron chi connectivity index (χ1n) is 8.03. The summed E-state index contributed by atoms with van der Waals surface area (Å²) >= 11 is 6.15. The molecule has 1 aromatic rings. The van der Waals surface area contributed by atoms with Crippen LogP contribution in [0, 0.1) is 0 Å². The zero-order chi connectivity index (χ0) is 15.7. The van der Waals surface area contributed by atoms with Crippen LogP contribution in [-0.4, -0.2) is 48.6 Å². The van der Waals surface area contributed by atoms with Gasteiger partial charge in [0.1, 0.15) is 0 Å². The van der Waals surface area contributed by atoms with Crippen LogP contribution >= 0.6 is 24.0 Å². The van der Waals surface area contributed by atoms with E-state index in [0.29, 0.717) is 12.6 Å². The number of amides is 2. The molecule has 6 heteroatoms. The Morgan fingerprint density at radius 2 is 2.00 bits per heavy atom. The predicted octanol–water partition coefficient (Wildman–Crippen LogP) is 3.27. The molecule has 1 heterocycles. The van der Waals surface area contributed by atoms with Crippen molar-refractivity contribution in [3.8, 4) is 0 Å². The van der Waals surface area contributed by atoms with E-state index in [9.17, 15) is 4.79 Å². The number of nitrogens with two attached hydrogens (primary N) is 1. The number of halogens is 2. The molecule has 2 fully saturated rings. The third-order valence-electron chi connectivity index (χ3n) is 5.43. The number of urea groups is 1. The topological polar surface area (TPSA) is 49.6 Å². The molecule has 0 radical (unpaired) electrons. The van der Waals surface area contributed by atoms with Crippen LogP contribution in [0.4, 0.5) is 4.79 Å². The number of likely N-dealkylation sites (N-methyl/N-ethyl adjacent to an activating group) is 1. The van der Waals surface area contributed by atoms with Crippen molar-refractivity contribution in [2.45, 2.75) is 37.1 Å². The summed E-state index contributed by atoms with van der Waals surface area (Å²) in [5.41, 5.74) is 7.39. The first-order valence-corrected chi connectivity index (χ1v) is 8.41. The van der Waals surface area contributed by atoms with Gasteiger partial charge in [0.2, 0.25) is 0 Å². The molecular weight excluding hydrogens is 333 g/mol. The van der Waals surface area contributed by atoms with Crippen LogP contribution in [0.25, 0.3) is 0 Å². The summed E-state index contributed by atoms with van der Waals surface area (Å²) in [7, 11) is 1.88. The summed E-state index contributed by atoms with van der Waals surface area (Å²) in [5, 5.41) is 0.767. The molecule has 2 N–H and O–H groups in total. The molecule has 1 saturated heterocycles. The molecule has 0 unspecified atom stereocenters. The first kappa shape index (κ1) is 18.4. The number of nitrogens with zero attached hydrogens (tertiary/aromatic N) is 2. The lowest BCUT2D eigenvalue weighted by atomic mass is 9.68. The molecule has 1 saturated carbocycles. The Morgan fingerprint density at radius 3 is 2.52 bits per heavy atom. The van der Waals surface area contributed by atoms with Gasteiger partial charge in [-0.15, -0.1) is 12.4 Å². The lowest BCUT2D eigenvalue weighted by molar-refractivity contribution is 0.147. The van der Waals surface area contributed by atoms with Crippen molar-refractivity contribution >= 4 is 30.0 Å². The average molecular weight is 358 g/mol. The molecular formula is C17H25Cl2N3O. The van der Waals surface area contributed by atoms with Gasteiger partial charge in [-0.25, -0.2) is 4.79 Å². The number of rotatable bonds is 3. The molecule has 3 rings (SSSR count). The van der Waals surface area contributed by atoms with Gasteiger partial charge in [-0.05, 0) is 43.4 Å². The standard InChI is InChI=1S/C17H24ClN3O.ClH/c1-20-9-10-21(16(20)22)15-5-7-17(12-19,8-6-15)13-3-2-4-14(18)11-13;/h2-4,11,15H,5-10,12,19H2,1H3;1H. The molecule has 128 valence electrons. The van der Waals surface area contributed by atoms with Crippen LogP contribution in [0.15, 0.2) is 24.3 Å². The molecule has 1 aliphatic heterocycles. The maximum atomic E-state index is 12.2. The maximum Gasteiger partial charge on any atom is 0.320 e. The van der Waals surface area contributed by atoms with Crippen molar-refractivity contribution in [3.63, 3.8) is 0 Å². The fourth-order valence-corrected chi connectivity index (χ4v) is 4.09. The smallest absolute Gasteiger partial charge is 0.320 e. The number of carbonyl (C=O) groups excluding carboxylic acids is 1. The number of hydrogen-bond acceptors (Lipinski definition) is 2. The van der Waals surface area contributed by atoms with Gasteiger partial charge < -0.3 is 15.5 Å². The zero-order valence-corrected chi connectivity index (χ0v) is 15.1. The van der Waals surface area contributed by atoms with Crippen LogP contribution < -0.4 is 5.73 Å². The highest BCUT2D eigenvalue weighted by Crippen LogP contribution is 2.41. The molecule has 0 spiro atoms. The van der Waals surface area contributed by atoms with E-state index in [1.807, 2.05) is 35.0 Å². The van der Waals surface area contributed by atoms with E-state index in [1.165, 1.54) is 5.56 Å². The van der Waals surface area contributed by atoms with Crippen molar-refractivity contribution in [2.24, 2.45) is 5.73 Å². The van der Waals surface area contributed by atoms with Crippen molar-refractivity contribution in [2.75, 3.05) is 26.7 Å². The highest BCUT2D eigenvalue weighted by atomic mass is 35.5. The van der Waals surface area contributed by atoms with Crippen LogP contribution in [0.2, 0.25) is 5.02 Å². The van der Waals surface area contributed by atoms with Crippen LogP contribution in [0.3, 0.4) is 0 Å². The minimum Gasteiger partial charge on any atom is -0.330 e. The number of benzene rings is 1. The third kappa shape index (κ3) is 3.44. The molecule has 0 aromatic heterocycles. The van der Waals surface area contributed by atoms with Gasteiger partial charge in [0.25, 0.3) is 0 Å². The van der Waals surface area contributed by atoms with Gasteiger partial charge in [0.15, 0.2) is 0 Å². The summed E-state index contributed by atoms with van der Waals surface area (Å²) in [4.78, 5) is 16.0. The largest absolute Gasteiger partial charge is 0.330 e. The van der Waals surface area contributed by atoms with E-state index in [4.69, 9.17) is 17.3 Å². The van der Waals surface area contributed by atoms with E-state index < -0.39 is 0 Å². The molecule has 1 aromatic carbocycles. The highest BCUT2D eigenvalue weighted by Gasteiger charge is 2.40. The summed E-state index contributed by atoms with van der Waals surface area (Å²) in [6, 6.07) is 8.61. The second-order valence-corrected chi connectivity index (χ2v) is 7.06. The van der Waals surface area contributed by atoms with E-state index in [0.717, 1.165) is 43.8 Å². The average Bonchev–Trinajstić information content (AvgIpc) is 2.87. The Kier molecular flexibility index (Phi) is 5.82. The molecule has 0 atom stereocenters. The molecule has 2 amide bonds. The lowest BCUT2D eigenvalue weighted by Crippen LogP contribution is -2.46. The Balaban J connectivity index is 0.00000192.